The van der Waals surface area contributed by atoms with Crippen LogP contribution in [0.5, 0.6) is 0 Å². The molecule has 76 valence electrons. The van der Waals surface area contributed by atoms with Gasteiger partial charge in [0.1, 0.15) is 5.67 Å². The Labute approximate surface area is 84.7 Å². The van der Waals surface area contributed by atoms with Gasteiger partial charge in [-0.3, -0.25) is 0 Å². The van der Waals surface area contributed by atoms with Crippen molar-refractivity contribution in [1.82, 2.24) is 0 Å². The molecule has 0 spiro atoms. The van der Waals surface area contributed by atoms with E-state index in [0.717, 1.165) is 25.7 Å². The lowest BCUT2D eigenvalue weighted by Crippen LogP contribution is -2.61. The first kappa shape index (κ1) is 9.72. The molecule has 0 saturated heterocycles. The molecule has 2 atom stereocenters. The zero-order valence-corrected chi connectivity index (χ0v) is 8.58. The Hall–Kier alpha value is 0.180. The summed E-state index contributed by atoms with van der Waals surface area (Å²) in [7, 11) is 0. The molecule has 4 fully saturated rings. The first-order chi connectivity index (χ1) is 5.57. The second-order valence-corrected chi connectivity index (χ2v) is 5.47. The molecule has 4 bridgehead atoms. The molecule has 4 rings (SSSR count). The standard InChI is InChI=1S/C10H16FN.ClH/c11-9-2-7-1-8(3-9)5-10(12,4-7)6-9;/h7-8H,1-6,12H2;1H. The third-order valence-electron chi connectivity index (χ3n) is 4.03. The zero-order valence-electron chi connectivity index (χ0n) is 7.76. The lowest BCUT2D eigenvalue weighted by Gasteiger charge is -2.57. The maximum absolute atomic E-state index is 14.0. The average Bonchev–Trinajstić information content (AvgIpc) is 1.75. The minimum absolute atomic E-state index is 0. The van der Waals surface area contributed by atoms with Crippen LogP contribution < -0.4 is 5.73 Å². The lowest BCUT2D eigenvalue weighted by molar-refractivity contribution is -0.0847. The minimum atomic E-state index is -0.862. The number of hydrogen-bond donors (Lipinski definition) is 1. The van der Waals surface area contributed by atoms with Crippen LogP contribution in [0.3, 0.4) is 0 Å². The summed E-state index contributed by atoms with van der Waals surface area (Å²) in [6.07, 6.45) is 5.70. The fraction of sp³-hybridized carbons (Fsp3) is 1.00. The van der Waals surface area contributed by atoms with E-state index >= 15 is 0 Å². The van der Waals surface area contributed by atoms with Gasteiger partial charge in [-0.15, -0.1) is 12.4 Å². The van der Waals surface area contributed by atoms with Crippen LogP contribution in [0.4, 0.5) is 4.39 Å². The first-order valence-electron chi connectivity index (χ1n) is 5.05. The summed E-state index contributed by atoms with van der Waals surface area (Å²) < 4.78 is 14.0. The molecule has 0 aromatic rings. The highest BCUT2D eigenvalue weighted by Gasteiger charge is 2.56. The number of halogens is 2. The molecule has 2 N–H and O–H groups in total. The van der Waals surface area contributed by atoms with Crippen molar-refractivity contribution >= 4 is 12.4 Å². The molecule has 0 aromatic carbocycles. The largest absolute Gasteiger partial charge is 0.325 e. The maximum atomic E-state index is 14.0. The molecule has 0 aromatic heterocycles. The predicted octanol–water partition coefficient (Wildman–Crippen LogP) is 2.43. The van der Waals surface area contributed by atoms with Crippen LogP contribution in [-0.4, -0.2) is 11.2 Å². The van der Waals surface area contributed by atoms with Gasteiger partial charge in [0.2, 0.25) is 0 Å². The Balaban J connectivity index is 0.000000653. The molecular formula is C10H17ClFN. The predicted molar refractivity (Wildman–Crippen MR) is 52.7 cm³/mol. The van der Waals surface area contributed by atoms with Crippen LogP contribution >= 0.6 is 12.4 Å². The van der Waals surface area contributed by atoms with Gasteiger partial charge in [0.15, 0.2) is 0 Å². The van der Waals surface area contributed by atoms with E-state index < -0.39 is 5.67 Å². The van der Waals surface area contributed by atoms with Crippen LogP contribution in [0.15, 0.2) is 0 Å². The van der Waals surface area contributed by atoms with Crippen LogP contribution in [-0.2, 0) is 0 Å². The Morgan fingerprint density at radius 2 is 1.62 bits per heavy atom. The van der Waals surface area contributed by atoms with E-state index in [-0.39, 0.29) is 17.9 Å². The Kier molecular flexibility index (Phi) is 1.95. The van der Waals surface area contributed by atoms with Gasteiger partial charge < -0.3 is 5.73 Å². The molecule has 0 aliphatic heterocycles. The van der Waals surface area contributed by atoms with Gasteiger partial charge in [0, 0.05) is 5.54 Å². The van der Waals surface area contributed by atoms with Crippen LogP contribution in [0.1, 0.15) is 38.5 Å². The Morgan fingerprint density at radius 3 is 2.00 bits per heavy atom. The van der Waals surface area contributed by atoms with Gasteiger partial charge >= 0.3 is 0 Å². The first-order valence-corrected chi connectivity index (χ1v) is 5.05. The summed E-state index contributed by atoms with van der Waals surface area (Å²) in [5, 5.41) is 0. The quantitative estimate of drug-likeness (QED) is 0.646. The van der Waals surface area contributed by atoms with E-state index in [1.807, 2.05) is 0 Å². The molecule has 13 heavy (non-hydrogen) atoms. The second kappa shape index (κ2) is 2.60. The van der Waals surface area contributed by atoms with Crippen molar-refractivity contribution in [2.75, 3.05) is 0 Å². The van der Waals surface area contributed by atoms with Crippen molar-refractivity contribution in [3.8, 4) is 0 Å². The summed E-state index contributed by atoms with van der Waals surface area (Å²) in [6.45, 7) is 0. The molecule has 4 aliphatic carbocycles. The molecule has 0 radical (unpaired) electrons. The van der Waals surface area contributed by atoms with Gasteiger partial charge in [-0.25, -0.2) is 4.39 Å². The van der Waals surface area contributed by atoms with Crippen molar-refractivity contribution < 1.29 is 4.39 Å². The molecule has 0 amide bonds. The molecular weight excluding hydrogens is 189 g/mol. The summed E-state index contributed by atoms with van der Waals surface area (Å²) in [5.41, 5.74) is 5.19. The topological polar surface area (TPSA) is 26.0 Å². The number of rotatable bonds is 0. The summed E-state index contributed by atoms with van der Waals surface area (Å²) in [6, 6.07) is 0. The summed E-state index contributed by atoms with van der Waals surface area (Å²) in [4.78, 5) is 0. The van der Waals surface area contributed by atoms with Crippen molar-refractivity contribution in [3.63, 3.8) is 0 Å². The Bertz CT molecular complexity index is 197. The van der Waals surface area contributed by atoms with Gasteiger partial charge in [0.05, 0.1) is 0 Å². The molecule has 1 nitrogen and oxygen atoms in total. The highest BCUT2D eigenvalue weighted by atomic mass is 35.5. The van der Waals surface area contributed by atoms with Crippen molar-refractivity contribution in [3.05, 3.63) is 0 Å². The highest BCUT2D eigenvalue weighted by molar-refractivity contribution is 5.85. The SMILES string of the molecule is Cl.NC12CC3CC(C1)CC(F)(C3)C2. The van der Waals surface area contributed by atoms with Crippen molar-refractivity contribution in [2.24, 2.45) is 17.6 Å². The normalized spacial score (nSPS) is 57.7. The van der Waals surface area contributed by atoms with Gasteiger partial charge in [-0.05, 0) is 50.4 Å². The van der Waals surface area contributed by atoms with E-state index in [0.29, 0.717) is 18.3 Å². The van der Waals surface area contributed by atoms with Gasteiger partial charge in [-0.2, -0.15) is 0 Å². The summed E-state index contributed by atoms with van der Waals surface area (Å²) >= 11 is 0. The molecule has 3 heteroatoms. The van der Waals surface area contributed by atoms with E-state index in [4.69, 9.17) is 5.73 Å². The molecule has 2 unspecified atom stereocenters. The van der Waals surface area contributed by atoms with Crippen molar-refractivity contribution in [2.45, 2.75) is 49.7 Å². The third kappa shape index (κ3) is 1.39. The summed E-state index contributed by atoms with van der Waals surface area (Å²) in [5.74, 6) is 1.22. The van der Waals surface area contributed by atoms with Gasteiger partial charge in [0.25, 0.3) is 0 Å². The van der Waals surface area contributed by atoms with E-state index in [1.165, 1.54) is 6.42 Å². The maximum Gasteiger partial charge on any atom is 0.113 e. The molecule has 0 heterocycles. The Morgan fingerprint density at radius 1 is 1.08 bits per heavy atom. The van der Waals surface area contributed by atoms with E-state index in [1.54, 1.807) is 0 Å². The number of hydrogen-bond acceptors (Lipinski definition) is 1. The minimum Gasteiger partial charge on any atom is -0.325 e. The number of alkyl halides is 1. The highest BCUT2D eigenvalue weighted by Crippen LogP contribution is 2.57. The number of nitrogens with two attached hydrogens (primary N) is 1. The third-order valence-corrected chi connectivity index (χ3v) is 4.03. The second-order valence-electron chi connectivity index (χ2n) is 5.47. The average molecular weight is 206 g/mol. The van der Waals surface area contributed by atoms with Crippen molar-refractivity contribution in [1.29, 1.82) is 0 Å². The molecule has 4 saturated carbocycles. The fourth-order valence-electron chi connectivity index (χ4n) is 4.22. The lowest BCUT2D eigenvalue weighted by atomic mass is 9.52. The van der Waals surface area contributed by atoms with Crippen LogP contribution in [0.25, 0.3) is 0 Å². The van der Waals surface area contributed by atoms with Gasteiger partial charge in [-0.1, -0.05) is 0 Å². The monoisotopic (exact) mass is 205 g/mol. The molecule has 4 aliphatic rings. The fourth-order valence-corrected chi connectivity index (χ4v) is 4.22. The smallest absolute Gasteiger partial charge is 0.113 e. The van der Waals surface area contributed by atoms with E-state index in [9.17, 15) is 4.39 Å². The zero-order chi connectivity index (χ0) is 8.40. The van der Waals surface area contributed by atoms with E-state index in [2.05, 4.69) is 0 Å². The van der Waals surface area contributed by atoms with Crippen LogP contribution in [0, 0.1) is 11.8 Å². The van der Waals surface area contributed by atoms with Crippen LogP contribution in [0.2, 0.25) is 0 Å².